The lowest BCUT2D eigenvalue weighted by molar-refractivity contribution is 0.241. The van der Waals surface area contributed by atoms with Crippen LogP contribution in [0.1, 0.15) is 6.42 Å². The van der Waals surface area contributed by atoms with Crippen molar-refractivity contribution >= 4 is 11.5 Å². The van der Waals surface area contributed by atoms with E-state index in [1.54, 1.807) is 18.6 Å². The van der Waals surface area contributed by atoms with E-state index in [2.05, 4.69) is 25.6 Å². The molecule has 1 aliphatic rings. The third-order valence-corrected chi connectivity index (χ3v) is 4.05. The maximum Gasteiger partial charge on any atom is 0.145 e. The molecule has 1 fully saturated rings. The van der Waals surface area contributed by atoms with Gasteiger partial charge in [0.1, 0.15) is 23.3 Å². The molecule has 6 nitrogen and oxygen atoms in total. The number of pyridine rings is 1. The van der Waals surface area contributed by atoms with Gasteiger partial charge in [-0.1, -0.05) is 6.07 Å². The fraction of sp³-hybridized carbons (Fsp3) is 0.312. The van der Waals surface area contributed by atoms with Gasteiger partial charge in [-0.2, -0.15) is 0 Å². The van der Waals surface area contributed by atoms with Crippen molar-refractivity contribution in [3.8, 4) is 11.4 Å². The first-order valence-corrected chi connectivity index (χ1v) is 7.67. The Morgan fingerprint density at radius 1 is 1.26 bits per heavy atom. The van der Waals surface area contributed by atoms with E-state index in [1.807, 2.05) is 28.8 Å². The molecule has 1 saturated heterocycles. The minimum absolute atomic E-state index is 0.282. The largest absolute Gasteiger partial charge is 0.362 e. The third-order valence-electron chi connectivity index (χ3n) is 4.05. The fourth-order valence-electron chi connectivity index (χ4n) is 2.84. The van der Waals surface area contributed by atoms with Crippen molar-refractivity contribution in [1.82, 2.24) is 24.7 Å². The molecular formula is C16H17FN6. The number of nitrogens with one attached hydrogen (secondary N) is 2. The summed E-state index contributed by atoms with van der Waals surface area (Å²) in [6.45, 7) is 1.30. The first-order chi connectivity index (χ1) is 11.3. The molecule has 4 rings (SSSR count). The topological polar surface area (TPSA) is 67.1 Å². The molecule has 3 aromatic heterocycles. The lowest BCUT2D eigenvalue weighted by atomic mass is 10.1. The molecule has 23 heavy (non-hydrogen) atoms. The number of hydrogen-bond acceptors (Lipinski definition) is 5. The quantitative estimate of drug-likeness (QED) is 0.773. The Labute approximate surface area is 132 Å². The first kappa shape index (κ1) is 14.1. The summed E-state index contributed by atoms with van der Waals surface area (Å²) in [5, 5.41) is 6.33. The molecule has 0 radical (unpaired) electrons. The van der Waals surface area contributed by atoms with Crippen LogP contribution in [0.3, 0.4) is 0 Å². The summed E-state index contributed by atoms with van der Waals surface area (Å²) in [5.74, 6) is 0.574. The highest BCUT2D eigenvalue weighted by molar-refractivity contribution is 5.60. The van der Waals surface area contributed by atoms with Crippen LogP contribution in [0.5, 0.6) is 0 Å². The molecule has 2 atom stereocenters. The average Bonchev–Trinajstić information content (AvgIpc) is 3.01. The van der Waals surface area contributed by atoms with E-state index in [9.17, 15) is 4.39 Å². The molecule has 2 N–H and O–H groups in total. The highest BCUT2D eigenvalue weighted by atomic mass is 19.1. The molecule has 4 heterocycles. The smallest absolute Gasteiger partial charge is 0.145 e. The maximum atomic E-state index is 14.0. The van der Waals surface area contributed by atoms with Gasteiger partial charge >= 0.3 is 0 Å². The molecule has 3 aromatic rings. The van der Waals surface area contributed by atoms with Gasteiger partial charge in [0, 0.05) is 12.7 Å². The lowest BCUT2D eigenvalue weighted by Gasteiger charge is -2.27. The molecule has 0 amide bonds. The van der Waals surface area contributed by atoms with Crippen LogP contribution in [0.15, 0.2) is 43.0 Å². The van der Waals surface area contributed by atoms with Crippen LogP contribution in [-0.2, 0) is 0 Å². The predicted octanol–water partition coefficient (Wildman–Crippen LogP) is 1.90. The van der Waals surface area contributed by atoms with E-state index >= 15 is 0 Å². The SMILES string of the molecule is F[C@H]1CCNC[C@@H]1Nc1cncc(-c2cnc3ccccn23)n1. The lowest BCUT2D eigenvalue weighted by Crippen LogP contribution is -2.46. The summed E-state index contributed by atoms with van der Waals surface area (Å²) >= 11 is 0. The molecule has 0 aliphatic carbocycles. The van der Waals surface area contributed by atoms with Crippen molar-refractivity contribution in [2.24, 2.45) is 0 Å². The molecule has 1 aliphatic heterocycles. The van der Waals surface area contributed by atoms with Crippen molar-refractivity contribution in [2.75, 3.05) is 18.4 Å². The number of piperidine rings is 1. The molecule has 7 heteroatoms. The number of rotatable bonds is 3. The van der Waals surface area contributed by atoms with Gasteiger partial charge in [0.25, 0.3) is 0 Å². The highest BCUT2D eigenvalue weighted by Crippen LogP contribution is 2.20. The fourth-order valence-corrected chi connectivity index (χ4v) is 2.84. The van der Waals surface area contributed by atoms with Gasteiger partial charge < -0.3 is 10.6 Å². The van der Waals surface area contributed by atoms with Gasteiger partial charge in [-0.15, -0.1) is 0 Å². The minimum atomic E-state index is -0.877. The van der Waals surface area contributed by atoms with Crippen LogP contribution in [0, 0.1) is 0 Å². The molecule has 0 spiro atoms. The average molecular weight is 312 g/mol. The van der Waals surface area contributed by atoms with Gasteiger partial charge in [-0.05, 0) is 25.1 Å². The Hall–Kier alpha value is -2.54. The Morgan fingerprint density at radius 2 is 2.22 bits per heavy atom. The number of alkyl halides is 1. The summed E-state index contributed by atoms with van der Waals surface area (Å²) in [6, 6.07) is 5.53. The number of aromatic nitrogens is 4. The van der Waals surface area contributed by atoms with Crippen LogP contribution in [0.4, 0.5) is 10.2 Å². The van der Waals surface area contributed by atoms with E-state index in [0.29, 0.717) is 31.0 Å². The van der Waals surface area contributed by atoms with Gasteiger partial charge in [0.2, 0.25) is 0 Å². The standard InChI is InChI=1S/C16H17FN6/c17-11-4-5-18-7-12(11)21-15-10-19-8-13(22-15)14-9-20-16-3-1-2-6-23(14)16/h1-3,6,8-12,18H,4-5,7H2,(H,21,22)/t11-,12-/m0/s1. The predicted molar refractivity (Wildman–Crippen MR) is 86.0 cm³/mol. The van der Waals surface area contributed by atoms with E-state index < -0.39 is 6.17 Å². The van der Waals surface area contributed by atoms with Crippen LogP contribution in [-0.4, -0.2) is 44.7 Å². The van der Waals surface area contributed by atoms with Crippen LogP contribution in [0.25, 0.3) is 17.0 Å². The van der Waals surface area contributed by atoms with Crippen LogP contribution in [0.2, 0.25) is 0 Å². The zero-order valence-corrected chi connectivity index (χ0v) is 12.5. The van der Waals surface area contributed by atoms with Gasteiger partial charge in [-0.3, -0.25) is 9.38 Å². The molecule has 0 aromatic carbocycles. The van der Waals surface area contributed by atoms with E-state index in [1.165, 1.54) is 0 Å². The number of fused-ring (bicyclic) bond motifs is 1. The van der Waals surface area contributed by atoms with Crippen LogP contribution >= 0.6 is 0 Å². The number of anilines is 1. The zero-order chi connectivity index (χ0) is 15.6. The molecular weight excluding hydrogens is 295 g/mol. The number of halogens is 1. The van der Waals surface area contributed by atoms with Crippen LogP contribution < -0.4 is 10.6 Å². The Kier molecular flexibility index (Phi) is 3.63. The van der Waals surface area contributed by atoms with Gasteiger partial charge in [-0.25, -0.2) is 14.4 Å². The second-order valence-electron chi connectivity index (χ2n) is 5.62. The normalized spacial score (nSPS) is 21.4. The number of hydrogen-bond donors (Lipinski definition) is 2. The molecule has 118 valence electrons. The minimum Gasteiger partial charge on any atom is -0.362 e. The third kappa shape index (κ3) is 2.75. The monoisotopic (exact) mass is 312 g/mol. The second-order valence-corrected chi connectivity index (χ2v) is 5.62. The first-order valence-electron chi connectivity index (χ1n) is 7.67. The summed E-state index contributed by atoms with van der Waals surface area (Å²) < 4.78 is 15.9. The zero-order valence-electron chi connectivity index (χ0n) is 12.5. The second kappa shape index (κ2) is 5.92. The summed E-state index contributed by atoms with van der Waals surface area (Å²) in [5.41, 5.74) is 2.41. The van der Waals surface area contributed by atoms with E-state index in [4.69, 9.17) is 0 Å². The van der Waals surface area contributed by atoms with Crippen molar-refractivity contribution < 1.29 is 4.39 Å². The van der Waals surface area contributed by atoms with Crippen molar-refractivity contribution in [1.29, 1.82) is 0 Å². The number of nitrogens with zero attached hydrogens (tertiary/aromatic N) is 4. The highest BCUT2D eigenvalue weighted by Gasteiger charge is 2.24. The Morgan fingerprint density at radius 3 is 3.13 bits per heavy atom. The van der Waals surface area contributed by atoms with E-state index in [-0.39, 0.29) is 6.04 Å². The Balaban J connectivity index is 1.63. The van der Waals surface area contributed by atoms with Crippen molar-refractivity contribution in [3.05, 3.63) is 43.0 Å². The summed E-state index contributed by atoms with van der Waals surface area (Å²) in [6.07, 6.45) is 6.64. The van der Waals surface area contributed by atoms with Crippen molar-refractivity contribution in [3.63, 3.8) is 0 Å². The maximum absolute atomic E-state index is 14.0. The van der Waals surface area contributed by atoms with Gasteiger partial charge in [0.05, 0.1) is 30.3 Å². The van der Waals surface area contributed by atoms with E-state index in [0.717, 1.165) is 11.3 Å². The summed E-state index contributed by atoms with van der Waals surface area (Å²) in [7, 11) is 0. The van der Waals surface area contributed by atoms with Crippen molar-refractivity contribution in [2.45, 2.75) is 18.6 Å². The Bertz CT molecular complexity index is 817. The number of imidazole rings is 1. The molecule has 0 unspecified atom stereocenters. The summed E-state index contributed by atoms with van der Waals surface area (Å²) in [4.78, 5) is 13.2. The molecule has 0 saturated carbocycles. The molecule has 0 bridgehead atoms. The van der Waals surface area contributed by atoms with Gasteiger partial charge in [0.15, 0.2) is 0 Å².